The number of carboxylic acids is 1. The standard InChI is InChI=1S/C19H17NO2/c1-3-4-12-19(13-8-15-20,16(2)18(21)22)14-11-17-9-6-5-7-10-17/h3-14H,1-2H2,(H,21,22). The molecule has 0 heterocycles. The van der Waals surface area contributed by atoms with Crippen LogP contribution in [0.5, 0.6) is 0 Å². The maximum atomic E-state index is 11.4. The van der Waals surface area contributed by atoms with Crippen molar-refractivity contribution in [3.63, 3.8) is 0 Å². The zero-order valence-corrected chi connectivity index (χ0v) is 12.1. The molecule has 1 aromatic rings. The van der Waals surface area contributed by atoms with Gasteiger partial charge in [0.15, 0.2) is 0 Å². The maximum Gasteiger partial charge on any atom is 0.332 e. The Kier molecular flexibility index (Phi) is 6.33. The summed E-state index contributed by atoms with van der Waals surface area (Å²) in [6, 6.07) is 11.4. The van der Waals surface area contributed by atoms with Crippen LogP contribution in [-0.4, -0.2) is 11.1 Å². The van der Waals surface area contributed by atoms with Crippen molar-refractivity contribution in [2.45, 2.75) is 0 Å². The minimum atomic E-state index is -1.13. The summed E-state index contributed by atoms with van der Waals surface area (Å²) in [4.78, 5) is 11.4. The Morgan fingerprint density at radius 2 is 1.91 bits per heavy atom. The Labute approximate surface area is 130 Å². The van der Waals surface area contributed by atoms with E-state index in [4.69, 9.17) is 5.26 Å². The van der Waals surface area contributed by atoms with E-state index in [9.17, 15) is 9.90 Å². The van der Waals surface area contributed by atoms with Crippen LogP contribution in [0.15, 0.2) is 85.5 Å². The van der Waals surface area contributed by atoms with Crippen molar-refractivity contribution in [2.24, 2.45) is 5.41 Å². The molecule has 0 aliphatic carbocycles. The van der Waals surface area contributed by atoms with E-state index >= 15 is 0 Å². The number of carbonyl (C=O) groups is 1. The summed E-state index contributed by atoms with van der Waals surface area (Å²) in [5, 5.41) is 18.1. The van der Waals surface area contributed by atoms with Crippen LogP contribution in [0.1, 0.15) is 5.56 Å². The van der Waals surface area contributed by atoms with Gasteiger partial charge in [-0.1, -0.05) is 79.9 Å². The average Bonchev–Trinajstić information content (AvgIpc) is 2.55. The molecule has 0 aliphatic rings. The number of aliphatic carboxylic acids is 1. The third kappa shape index (κ3) is 4.46. The summed E-state index contributed by atoms with van der Waals surface area (Å²) in [5.74, 6) is -1.13. The molecule has 3 heteroatoms. The number of nitrogens with zero attached hydrogens (tertiary/aromatic N) is 1. The molecule has 0 fully saturated rings. The Morgan fingerprint density at radius 1 is 1.23 bits per heavy atom. The van der Waals surface area contributed by atoms with Crippen molar-refractivity contribution in [3.05, 3.63) is 91.1 Å². The quantitative estimate of drug-likeness (QED) is 0.466. The van der Waals surface area contributed by atoms with Gasteiger partial charge in [0.25, 0.3) is 0 Å². The van der Waals surface area contributed by atoms with Crippen LogP contribution < -0.4 is 0 Å². The molecule has 0 saturated heterocycles. The number of nitriles is 1. The lowest BCUT2D eigenvalue weighted by Gasteiger charge is -2.23. The van der Waals surface area contributed by atoms with E-state index in [1.54, 1.807) is 30.4 Å². The largest absolute Gasteiger partial charge is 0.478 e. The van der Waals surface area contributed by atoms with Crippen LogP contribution in [0.3, 0.4) is 0 Å². The van der Waals surface area contributed by atoms with Gasteiger partial charge in [-0.25, -0.2) is 4.79 Å². The first-order chi connectivity index (χ1) is 10.6. The van der Waals surface area contributed by atoms with Gasteiger partial charge in [0, 0.05) is 11.6 Å². The molecule has 110 valence electrons. The van der Waals surface area contributed by atoms with Gasteiger partial charge in [-0.15, -0.1) is 0 Å². The summed E-state index contributed by atoms with van der Waals surface area (Å²) >= 11 is 0. The van der Waals surface area contributed by atoms with Gasteiger partial charge in [0.05, 0.1) is 11.5 Å². The third-order valence-electron chi connectivity index (χ3n) is 3.07. The van der Waals surface area contributed by atoms with Gasteiger partial charge in [-0.05, 0) is 5.56 Å². The molecule has 3 nitrogen and oxygen atoms in total. The van der Waals surface area contributed by atoms with Crippen molar-refractivity contribution in [3.8, 4) is 6.07 Å². The number of allylic oxidation sites excluding steroid dienone is 6. The summed E-state index contributed by atoms with van der Waals surface area (Å²) in [6.45, 7) is 7.24. The van der Waals surface area contributed by atoms with Gasteiger partial charge in [-0.2, -0.15) is 5.26 Å². The predicted molar refractivity (Wildman–Crippen MR) is 88.8 cm³/mol. The third-order valence-corrected chi connectivity index (χ3v) is 3.07. The molecule has 1 aromatic carbocycles. The van der Waals surface area contributed by atoms with Crippen molar-refractivity contribution in [2.75, 3.05) is 0 Å². The highest BCUT2D eigenvalue weighted by Crippen LogP contribution is 2.33. The fourth-order valence-electron chi connectivity index (χ4n) is 1.85. The lowest BCUT2D eigenvalue weighted by molar-refractivity contribution is -0.133. The van der Waals surface area contributed by atoms with Crippen LogP contribution in [0, 0.1) is 16.7 Å². The predicted octanol–water partition coefficient (Wildman–Crippen LogP) is 4.15. The highest BCUT2D eigenvalue weighted by molar-refractivity contribution is 5.89. The normalized spacial score (nSPS) is 14.0. The lowest BCUT2D eigenvalue weighted by Crippen LogP contribution is -2.21. The minimum Gasteiger partial charge on any atom is -0.478 e. The van der Waals surface area contributed by atoms with Crippen LogP contribution in [0.2, 0.25) is 0 Å². The van der Waals surface area contributed by atoms with E-state index in [0.717, 1.165) is 5.56 Å². The summed E-state index contributed by atoms with van der Waals surface area (Å²) < 4.78 is 0. The molecule has 22 heavy (non-hydrogen) atoms. The fraction of sp³-hybridized carbons (Fsp3) is 0.0526. The molecular weight excluding hydrogens is 274 g/mol. The van der Waals surface area contributed by atoms with E-state index < -0.39 is 11.4 Å². The first-order valence-corrected chi connectivity index (χ1v) is 6.60. The van der Waals surface area contributed by atoms with Crippen LogP contribution >= 0.6 is 0 Å². The Hall–Kier alpha value is -3.12. The molecule has 0 amide bonds. The monoisotopic (exact) mass is 291 g/mol. The minimum absolute atomic E-state index is 0.0516. The summed E-state index contributed by atoms with van der Waals surface area (Å²) in [7, 11) is 0. The van der Waals surface area contributed by atoms with Crippen molar-refractivity contribution in [1.29, 1.82) is 5.26 Å². The number of rotatable bonds is 7. The molecular formula is C19H17NO2. The molecule has 1 N–H and O–H groups in total. The van der Waals surface area contributed by atoms with Crippen LogP contribution in [0.25, 0.3) is 6.08 Å². The maximum absolute atomic E-state index is 11.4. The van der Waals surface area contributed by atoms with E-state index in [-0.39, 0.29) is 5.57 Å². The Balaban J connectivity index is 3.38. The van der Waals surface area contributed by atoms with E-state index in [1.807, 2.05) is 36.4 Å². The number of carboxylic acid groups (broad SMARTS) is 1. The van der Waals surface area contributed by atoms with Crippen molar-refractivity contribution < 1.29 is 9.90 Å². The second-order valence-electron chi connectivity index (χ2n) is 4.52. The van der Waals surface area contributed by atoms with Crippen molar-refractivity contribution >= 4 is 12.0 Å². The molecule has 1 atom stereocenters. The average molecular weight is 291 g/mol. The lowest BCUT2D eigenvalue weighted by atomic mass is 9.79. The second kappa shape index (κ2) is 8.23. The molecule has 0 aromatic heterocycles. The smallest absolute Gasteiger partial charge is 0.332 e. The van der Waals surface area contributed by atoms with E-state index in [2.05, 4.69) is 13.2 Å². The SMILES string of the molecule is C=CC=CC(C=CC#N)(C=Cc1ccccc1)C(=C)C(=O)O. The zero-order valence-electron chi connectivity index (χ0n) is 12.1. The number of hydrogen-bond acceptors (Lipinski definition) is 2. The Morgan fingerprint density at radius 3 is 2.45 bits per heavy atom. The van der Waals surface area contributed by atoms with Gasteiger partial charge >= 0.3 is 5.97 Å². The number of hydrogen-bond donors (Lipinski definition) is 1. The number of benzene rings is 1. The molecule has 0 bridgehead atoms. The highest BCUT2D eigenvalue weighted by atomic mass is 16.4. The first kappa shape index (κ1) is 16.9. The summed E-state index contributed by atoms with van der Waals surface area (Å²) in [6.07, 6.45) is 11.1. The zero-order chi connectivity index (χ0) is 16.4. The fourth-order valence-corrected chi connectivity index (χ4v) is 1.85. The highest BCUT2D eigenvalue weighted by Gasteiger charge is 2.29. The molecule has 1 unspecified atom stereocenters. The van der Waals surface area contributed by atoms with E-state index in [1.165, 1.54) is 12.2 Å². The van der Waals surface area contributed by atoms with Crippen LogP contribution in [-0.2, 0) is 4.79 Å². The van der Waals surface area contributed by atoms with Gasteiger partial charge in [0.1, 0.15) is 0 Å². The first-order valence-electron chi connectivity index (χ1n) is 6.60. The molecule has 0 spiro atoms. The summed E-state index contributed by atoms with van der Waals surface area (Å²) in [5.41, 5.74) is -0.224. The Bertz CT molecular complexity index is 675. The second-order valence-corrected chi connectivity index (χ2v) is 4.52. The molecule has 0 saturated carbocycles. The molecule has 0 aliphatic heterocycles. The van der Waals surface area contributed by atoms with E-state index in [0.29, 0.717) is 0 Å². The van der Waals surface area contributed by atoms with Crippen LogP contribution in [0.4, 0.5) is 0 Å². The topological polar surface area (TPSA) is 61.1 Å². The van der Waals surface area contributed by atoms with Gasteiger partial charge in [-0.3, -0.25) is 0 Å². The molecule has 0 radical (unpaired) electrons. The van der Waals surface area contributed by atoms with Gasteiger partial charge < -0.3 is 5.11 Å². The molecule has 1 rings (SSSR count). The van der Waals surface area contributed by atoms with Gasteiger partial charge in [0.2, 0.25) is 0 Å². The van der Waals surface area contributed by atoms with Crippen molar-refractivity contribution in [1.82, 2.24) is 0 Å².